The van der Waals surface area contributed by atoms with Gasteiger partial charge >= 0.3 is 5.97 Å². The molecule has 6 nitrogen and oxygen atoms in total. The van der Waals surface area contributed by atoms with Crippen molar-refractivity contribution in [3.8, 4) is 11.5 Å². The summed E-state index contributed by atoms with van der Waals surface area (Å²) in [5.41, 5.74) is 7.13. The van der Waals surface area contributed by atoms with E-state index in [1.807, 2.05) is 44.2 Å². The van der Waals surface area contributed by atoms with E-state index >= 15 is 0 Å². The molecule has 1 N–H and O–H groups in total. The van der Waals surface area contributed by atoms with Crippen molar-refractivity contribution in [2.45, 2.75) is 20.5 Å². The summed E-state index contributed by atoms with van der Waals surface area (Å²) in [5.74, 6) is 0.127. The Bertz CT molecular complexity index is 1430. The number of carbonyl (C=O) groups is 2. The summed E-state index contributed by atoms with van der Waals surface area (Å²) < 4.78 is 12.1. The Balaban J connectivity index is 1.36. The molecule has 4 aromatic rings. The van der Waals surface area contributed by atoms with Crippen LogP contribution in [-0.4, -0.2) is 18.1 Å². The van der Waals surface area contributed by atoms with Crippen LogP contribution < -0.4 is 14.9 Å². The Hall–Kier alpha value is -4.23. The Morgan fingerprint density at radius 2 is 1.62 bits per heavy atom. The molecular weight excluding hydrogens is 532 g/mol. The third kappa shape index (κ3) is 7.38. The average molecular weight is 557 g/mol. The zero-order chi connectivity index (χ0) is 26.2. The fourth-order valence-corrected chi connectivity index (χ4v) is 3.80. The first-order valence-electron chi connectivity index (χ1n) is 11.6. The van der Waals surface area contributed by atoms with Gasteiger partial charge in [0.25, 0.3) is 5.91 Å². The molecule has 186 valence electrons. The first kappa shape index (κ1) is 25.9. The van der Waals surface area contributed by atoms with Gasteiger partial charge in [0.05, 0.1) is 11.8 Å². The number of nitrogens with zero attached hydrogens (tertiary/aromatic N) is 1. The van der Waals surface area contributed by atoms with Crippen LogP contribution in [0.3, 0.4) is 0 Å². The normalized spacial score (nSPS) is 10.8. The summed E-state index contributed by atoms with van der Waals surface area (Å²) in [6, 6.07) is 27.3. The summed E-state index contributed by atoms with van der Waals surface area (Å²) in [5, 5.41) is 4.05. The van der Waals surface area contributed by atoms with Crippen LogP contribution in [0.2, 0.25) is 0 Å². The number of aryl methyl sites for hydroxylation is 2. The maximum absolute atomic E-state index is 12.6. The van der Waals surface area contributed by atoms with Gasteiger partial charge in [-0.15, -0.1) is 0 Å². The Morgan fingerprint density at radius 1 is 0.865 bits per heavy atom. The van der Waals surface area contributed by atoms with E-state index in [2.05, 4.69) is 26.5 Å². The van der Waals surface area contributed by atoms with Gasteiger partial charge in [0.1, 0.15) is 18.1 Å². The van der Waals surface area contributed by atoms with Crippen molar-refractivity contribution >= 4 is 34.0 Å². The molecule has 4 aromatic carbocycles. The van der Waals surface area contributed by atoms with Gasteiger partial charge < -0.3 is 9.47 Å². The molecule has 0 fully saturated rings. The largest absolute Gasteiger partial charge is 0.489 e. The van der Waals surface area contributed by atoms with Gasteiger partial charge in [-0.1, -0.05) is 63.5 Å². The van der Waals surface area contributed by atoms with E-state index in [-0.39, 0.29) is 5.91 Å². The summed E-state index contributed by atoms with van der Waals surface area (Å²) in [6.45, 7) is 4.39. The van der Waals surface area contributed by atoms with Crippen molar-refractivity contribution in [2.24, 2.45) is 5.10 Å². The number of halogens is 1. The SMILES string of the molecule is Cc1ccc(COc2ccc(C(=O)NN=Cc3cc(Br)ccc3OC(=O)c3cccc(C)c3)cc2)cc1. The van der Waals surface area contributed by atoms with Crippen molar-refractivity contribution in [3.05, 3.63) is 129 Å². The predicted molar refractivity (Wildman–Crippen MR) is 147 cm³/mol. The van der Waals surface area contributed by atoms with E-state index in [1.165, 1.54) is 11.8 Å². The lowest BCUT2D eigenvalue weighted by Crippen LogP contribution is -2.17. The number of hydrazone groups is 1. The highest BCUT2D eigenvalue weighted by atomic mass is 79.9. The van der Waals surface area contributed by atoms with E-state index < -0.39 is 5.97 Å². The van der Waals surface area contributed by atoms with E-state index in [1.54, 1.807) is 60.7 Å². The van der Waals surface area contributed by atoms with Gasteiger partial charge in [0, 0.05) is 15.6 Å². The molecule has 0 heterocycles. The third-order valence-electron chi connectivity index (χ3n) is 5.44. The summed E-state index contributed by atoms with van der Waals surface area (Å²) in [6.07, 6.45) is 1.43. The van der Waals surface area contributed by atoms with Crippen LogP contribution in [0.15, 0.2) is 101 Å². The molecule has 4 rings (SSSR count). The minimum Gasteiger partial charge on any atom is -0.489 e. The quantitative estimate of drug-likeness (QED) is 0.114. The lowest BCUT2D eigenvalue weighted by Gasteiger charge is -2.09. The predicted octanol–water partition coefficient (Wildman–Crippen LogP) is 6.63. The number of amides is 1. The van der Waals surface area contributed by atoms with Gasteiger partial charge in [-0.2, -0.15) is 5.10 Å². The van der Waals surface area contributed by atoms with Crippen LogP contribution in [0.5, 0.6) is 11.5 Å². The van der Waals surface area contributed by atoms with Crippen LogP contribution in [0, 0.1) is 13.8 Å². The molecule has 0 saturated heterocycles. The second-order valence-corrected chi connectivity index (χ2v) is 9.35. The molecule has 37 heavy (non-hydrogen) atoms. The summed E-state index contributed by atoms with van der Waals surface area (Å²) in [7, 11) is 0. The number of hydrogen-bond acceptors (Lipinski definition) is 5. The molecule has 0 aliphatic heterocycles. The molecule has 0 bridgehead atoms. The molecule has 0 atom stereocenters. The summed E-state index contributed by atoms with van der Waals surface area (Å²) in [4.78, 5) is 25.1. The minimum absolute atomic E-state index is 0.322. The van der Waals surface area contributed by atoms with E-state index in [0.717, 1.165) is 15.6 Å². The smallest absolute Gasteiger partial charge is 0.343 e. The maximum atomic E-state index is 12.6. The second-order valence-electron chi connectivity index (χ2n) is 8.44. The van der Waals surface area contributed by atoms with Gasteiger partial charge in [-0.25, -0.2) is 10.2 Å². The van der Waals surface area contributed by atoms with Crippen LogP contribution in [0.4, 0.5) is 0 Å². The molecular formula is C30H25BrN2O4. The van der Waals surface area contributed by atoms with Gasteiger partial charge in [0.15, 0.2) is 0 Å². The highest BCUT2D eigenvalue weighted by Crippen LogP contribution is 2.23. The lowest BCUT2D eigenvalue weighted by atomic mass is 10.1. The van der Waals surface area contributed by atoms with Crippen molar-refractivity contribution in [1.29, 1.82) is 0 Å². The molecule has 0 aliphatic rings. The molecule has 0 spiro atoms. The van der Waals surface area contributed by atoms with Crippen LogP contribution in [-0.2, 0) is 6.61 Å². The Morgan fingerprint density at radius 3 is 2.35 bits per heavy atom. The fraction of sp³-hybridized carbons (Fsp3) is 0.100. The van der Waals surface area contributed by atoms with Gasteiger partial charge in [0.2, 0.25) is 0 Å². The Labute approximate surface area is 224 Å². The topological polar surface area (TPSA) is 77.0 Å². The van der Waals surface area contributed by atoms with Crippen molar-refractivity contribution in [1.82, 2.24) is 5.43 Å². The average Bonchev–Trinajstić information content (AvgIpc) is 2.90. The number of benzene rings is 4. The summed E-state index contributed by atoms with van der Waals surface area (Å²) >= 11 is 3.41. The van der Waals surface area contributed by atoms with Gasteiger partial charge in [-0.05, 0) is 74.0 Å². The monoisotopic (exact) mass is 556 g/mol. The van der Waals surface area contributed by atoms with Crippen LogP contribution >= 0.6 is 15.9 Å². The van der Waals surface area contributed by atoms with Crippen LogP contribution in [0.25, 0.3) is 0 Å². The number of ether oxygens (including phenoxy) is 2. The maximum Gasteiger partial charge on any atom is 0.343 e. The first-order valence-corrected chi connectivity index (χ1v) is 12.4. The van der Waals surface area contributed by atoms with Crippen molar-refractivity contribution in [3.63, 3.8) is 0 Å². The molecule has 0 aliphatic carbocycles. The highest BCUT2D eigenvalue weighted by Gasteiger charge is 2.12. The molecule has 1 amide bonds. The van der Waals surface area contributed by atoms with E-state index in [9.17, 15) is 9.59 Å². The van der Waals surface area contributed by atoms with Crippen molar-refractivity contribution < 1.29 is 19.1 Å². The molecule has 0 saturated carbocycles. The standard InChI is InChI=1S/C30H25BrN2O4/c1-20-6-8-22(9-7-20)19-36-27-13-10-23(11-14-27)29(34)33-32-18-25-17-26(31)12-15-28(25)37-30(35)24-5-3-4-21(2)16-24/h3-18H,19H2,1-2H3,(H,33,34). The molecule has 0 aromatic heterocycles. The number of esters is 1. The zero-order valence-corrected chi connectivity index (χ0v) is 22.0. The number of nitrogens with one attached hydrogen (secondary N) is 1. The second kappa shape index (κ2) is 12.1. The van der Waals surface area contributed by atoms with Crippen LogP contribution in [0.1, 0.15) is 43.0 Å². The molecule has 0 unspecified atom stereocenters. The minimum atomic E-state index is -0.477. The first-order chi connectivity index (χ1) is 17.9. The van der Waals surface area contributed by atoms with Crippen molar-refractivity contribution in [2.75, 3.05) is 0 Å². The highest BCUT2D eigenvalue weighted by molar-refractivity contribution is 9.10. The molecule has 7 heteroatoms. The third-order valence-corrected chi connectivity index (χ3v) is 5.93. The number of carbonyl (C=O) groups excluding carboxylic acids is 2. The van der Waals surface area contributed by atoms with E-state index in [0.29, 0.717) is 34.8 Å². The van der Waals surface area contributed by atoms with E-state index in [4.69, 9.17) is 9.47 Å². The number of rotatable bonds is 8. The number of hydrogen-bond donors (Lipinski definition) is 1. The fourth-order valence-electron chi connectivity index (χ4n) is 3.42. The lowest BCUT2D eigenvalue weighted by molar-refractivity contribution is 0.0734. The Kier molecular flexibility index (Phi) is 8.48. The van der Waals surface area contributed by atoms with Gasteiger partial charge in [-0.3, -0.25) is 4.79 Å². The zero-order valence-electron chi connectivity index (χ0n) is 20.4. The molecule has 0 radical (unpaired) electrons.